The molecule has 1 aliphatic heterocycles. The predicted molar refractivity (Wildman–Crippen MR) is 97.8 cm³/mol. The average Bonchev–Trinajstić information content (AvgIpc) is 3.18. The molecule has 0 bridgehead atoms. The molecule has 1 aromatic carbocycles. The van der Waals surface area contributed by atoms with Gasteiger partial charge in [-0.1, -0.05) is 23.4 Å². The smallest absolute Gasteiger partial charge is 0.237 e. The number of hydrogen-bond donors (Lipinski definition) is 2. The third-order valence-electron chi connectivity index (χ3n) is 4.42. The number of benzene rings is 1. The monoisotopic (exact) mass is 372 g/mol. The van der Waals surface area contributed by atoms with Gasteiger partial charge in [0.25, 0.3) is 0 Å². The molecule has 2 aromatic rings. The second kappa shape index (κ2) is 9.18. The van der Waals surface area contributed by atoms with Crippen molar-refractivity contribution in [1.29, 1.82) is 0 Å². The summed E-state index contributed by atoms with van der Waals surface area (Å²) in [6, 6.07) is 8.94. The molecule has 27 heavy (non-hydrogen) atoms. The molecule has 0 aliphatic carbocycles. The maximum absolute atomic E-state index is 12.4. The number of carbonyl (C=O) groups is 2. The first-order chi connectivity index (χ1) is 13.2. The van der Waals surface area contributed by atoms with Crippen molar-refractivity contribution in [3.63, 3.8) is 0 Å². The van der Waals surface area contributed by atoms with E-state index < -0.39 is 6.04 Å². The Kier molecular flexibility index (Phi) is 6.43. The van der Waals surface area contributed by atoms with Gasteiger partial charge in [-0.3, -0.25) is 14.5 Å². The number of aromatic nitrogens is 1. The van der Waals surface area contributed by atoms with Crippen LogP contribution in [-0.4, -0.2) is 47.6 Å². The molecule has 144 valence electrons. The molecule has 8 nitrogen and oxygen atoms in total. The normalized spacial score (nSPS) is 17.4. The highest BCUT2D eigenvalue weighted by Crippen LogP contribution is 2.22. The first kappa shape index (κ1) is 18.9. The Morgan fingerprint density at radius 2 is 2.26 bits per heavy atom. The summed E-state index contributed by atoms with van der Waals surface area (Å²) in [4.78, 5) is 26.7. The van der Waals surface area contributed by atoms with Gasteiger partial charge < -0.3 is 19.9 Å². The van der Waals surface area contributed by atoms with E-state index in [9.17, 15) is 9.59 Å². The molecule has 2 N–H and O–H groups in total. The number of rotatable bonds is 8. The number of hydrogen-bond acceptors (Lipinski definition) is 6. The van der Waals surface area contributed by atoms with Crippen LogP contribution in [0.25, 0.3) is 0 Å². The molecule has 2 amide bonds. The molecule has 1 atom stereocenters. The largest absolute Gasteiger partial charge is 0.494 e. The van der Waals surface area contributed by atoms with Gasteiger partial charge in [0.15, 0.2) is 0 Å². The molecule has 2 heterocycles. The SMILES string of the molecule is CCOc1ccccc1CN1CCNC(=O)[C@@H]1CC(=O)NCc1ccon1. The maximum atomic E-state index is 12.4. The fourth-order valence-electron chi connectivity index (χ4n) is 3.09. The van der Waals surface area contributed by atoms with Crippen LogP contribution >= 0.6 is 0 Å². The zero-order chi connectivity index (χ0) is 19.1. The van der Waals surface area contributed by atoms with Crippen molar-refractivity contribution in [2.45, 2.75) is 32.5 Å². The van der Waals surface area contributed by atoms with Gasteiger partial charge in [-0.15, -0.1) is 0 Å². The number of ether oxygens (including phenoxy) is 1. The van der Waals surface area contributed by atoms with Crippen LogP contribution in [0, 0.1) is 0 Å². The zero-order valence-corrected chi connectivity index (χ0v) is 15.3. The lowest BCUT2D eigenvalue weighted by Crippen LogP contribution is -2.56. The summed E-state index contributed by atoms with van der Waals surface area (Å²) in [6.45, 7) is 4.57. The quantitative estimate of drug-likeness (QED) is 0.720. The molecule has 1 aromatic heterocycles. The standard InChI is InChI=1S/C19H24N4O4/c1-2-26-17-6-4-3-5-14(17)13-23-9-8-20-19(25)16(23)11-18(24)21-12-15-7-10-27-22-15/h3-7,10,16H,2,8-9,11-13H2,1H3,(H,20,25)(H,21,24)/t16-/m0/s1. The molecule has 1 fully saturated rings. The summed E-state index contributed by atoms with van der Waals surface area (Å²) >= 11 is 0. The van der Waals surface area contributed by atoms with Crippen LogP contribution in [0.4, 0.5) is 0 Å². The van der Waals surface area contributed by atoms with Gasteiger partial charge in [0.2, 0.25) is 11.8 Å². The molecule has 1 saturated heterocycles. The van der Waals surface area contributed by atoms with E-state index in [-0.39, 0.29) is 24.8 Å². The van der Waals surface area contributed by atoms with E-state index in [2.05, 4.69) is 15.8 Å². The van der Waals surface area contributed by atoms with Crippen LogP contribution in [0.2, 0.25) is 0 Å². The summed E-state index contributed by atoms with van der Waals surface area (Å²) in [5, 5.41) is 9.37. The van der Waals surface area contributed by atoms with E-state index in [0.717, 1.165) is 11.3 Å². The van der Waals surface area contributed by atoms with Crippen LogP contribution < -0.4 is 15.4 Å². The van der Waals surface area contributed by atoms with E-state index in [1.807, 2.05) is 36.1 Å². The first-order valence-electron chi connectivity index (χ1n) is 9.05. The third kappa shape index (κ3) is 5.07. The summed E-state index contributed by atoms with van der Waals surface area (Å²) in [6.07, 6.45) is 1.54. The predicted octanol–water partition coefficient (Wildman–Crippen LogP) is 1.08. The number of nitrogens with one attached hydrogen (secondary N) is 2. The van der Waals surface area contributed by atoms with Gasteiger partial charge in [0.1, 0.15) is 17.7 Å². The maximum Gasteiger partial charge on any atom is 0.237 e. The zero-order valence-electron chi connectivity index (χ0n) is 15.3. The minimum absolute atomic E-state index is 0.0838. The van der Waals surface area contributed by atoms with Crippen molar-refractivity contribution in [2.24, 2.45) is 0 Å². The summed E-state index contributed by atoms with van der Waals surface area (Å²) in [7, 11) is 0. The van der Waals surface area contributed by atoms with Crippen LogP contribution in [0.1, 0.15) is 24.6 Å². The minimum Gasteiger partial charge on any atom is -0.494 e. The van der Waals surface area contributed by atoms with Crippen molar-refractivity contribution >= 4 is 11.8 Å². The number of para-hydroxylation sites is 1. The van der Waals surface area contributed by atoms with E-state index in [4.69, 9.17) is 9.26 Å². The van der Waals surface area contributed by atoms with Gasteiger partial charge in [-0.25, -0.2) is 0 Å². The number of carbonyl (C=O) groups excluding carboxylic acids is 2. The van der Waals surface area contributed by atoms with Crippen LogP contribution in [0.5, 0.6) is 5.75 Å². The highest BCUT2D eigenvalue weighted by atomic mass is 16.5. The van der Waals surface area contributed by atoms with E-state index >= 15 is 0 Å². The van der Waals surface area contributed by atoms with Gasteiger partial charge >= 0.3 is 0 Å². The number of piperazine rings is 1. The lowest BCUT2D eigenvalue weighted by atomic mass is 10.1. The Hall–Kier alpha value is -2.87. The minimum atomic E-state index is -0.522. The van der Waals surface area contributed by atoms with Crippen molar-refractivity contribution in [1.82, 2.24) is 20.7 Å². The molecule has 0 radical (unpaired) electrons. The molecular weight excluding hydrogens is 348 g/mol. The summed E-state index contributed by atoms with van der Waals surface area (Å²) < 4.78 is 10.4. The molecule has 0 saturated carbocycles. The lowest BCUT2D eigenvalue weighted by molar-refractivity contribution is -0.134. The second-order valence-corrected chi connectivity index (χ2v) is 6.29. The lowest BCUT2D eigenvalue weighted by Gasteiger charge is -2.35. The van der Waals surface area contributed by atoms with E-state index in [0.29, 0.717) is 31.9 Å². The van der Waals surface area contributed by atoms with Crippen LogP contribution in [0.15, 0.2) is 41.1 Å². The average molecular weight is 372 g/mol. The summed E-state index contributed by atoms with van der Waals surface area (Å²) in [5.74, 6) is 0.468. The Labute approximate surface area is 157 Å². The van der Waals surface area contributed by atoms with Crippen LogP contribution in [0.3, 0.4) is 0 Å². The highest BCUT2D eigenvalue weighted by molar-refractivity contribution is 5.88. The highest BCUT2D eigenvalue weighted by Gasteiger charge is 2.32. The molecule has 8 heteroatoms. The van der Waals surface area contributed by atoms with Crippen molar-refractivity contribution in [2.75, 3.05) is 19.7 Å². The van der Waals surface area contributed by atoms with E-state index in [1.165, 1.54) is 6.26 Å². The van der Waals surface area contributed by atoms with Crippen molar-refractivity contribution < 1.29 is 18.8 Å². The second-order valence-electron chi connectivity index (χ2n) is 6.29. The molecule has 0 spiro atoms. The number of nitrogens with zero attached hydrogens (tertiary/aromatic N) is 2. The van der Waals surface area contributed by atoms with Crippen LogP contribution in [-0.2, 0) is 22.7 Å². The summed E-state index contributed by atoms with van der Waals surface area (Å²) in [5.41, 5.74) is 1.64. The van der Waals surface area contributed by atoms with E-state index in [1.54, 1.807) is 6.07 Å². The fraction of sp³-hybridized carbons (Fsp3) is 0.421. The number of amides is 2. The topological polar surface area (TPSA) is 96.7 Å². The van der Waals surface area contributed by atoms with Gasteiger partial charge in [0, 0.05) is 31.3 Å². The molecule has 3 rings (SSSR count). The van der Waals surface area contributed by atoms with Gasteiger partial charge in [-0.05, 0) is 13.0 Å². The molecule has 0 unspecified atom stereocenters. The Bertz CT molecular complexity index is 763. The Morgan fingerprint density at radius 3 is 3.04 bits per heavy atom. The van der Waals surface area contributed by atoms with Crippen molar-refractivity contribution in [3.05, 3.63) is 47.9 Å². The Balaban J connectivity index is 1.64. The molecular formula is C19H24N4O4. The fourth-order valence-corrected chi connectivity index (χ4v) is 3.09. The first-order valence-corrected chi connectivity index (χ1v) is 9.05. The molecule has 1 aliphatic rings. The van der Waals surface area contributed by atoms with Gasteiger partial charge in [0.05, 0.1) is 25.6 Å². The Morgan fingerprint density at radius 1 is 1.41 bits per heavy atom. The van der Waals surface area contributed by atoms with Crippen molar-refractivity contribution in [3.8, 4) is 5.75 Å². The van der Waals surface area contributed by atoms with Gasteiger partial charge in [-0.2, -0.15) is 0 Å². The third-order valence-corrected chi connectivity index (χ3v) is 4.42.